The molecule has 1 N–H and O–H groups in total. The van der Waals surface area contributed by atoms with Gasteiger partial charge in [-0.15, -0.1) is 0 Å². The van der Waals surface area contributed by atoms with Gasteiger partial charge in [-0.05, 0) is 55.0 Å². The van der Waals surface area contributed by atoms with E-state index in [4.69, 9.17) is 20.8 Å². The molecule has 0 saturated heterocycles. The fourth-order valence-corrected chi connectivity index (χ4v) is 2.27. The van der Waals surface area contributed by atoms with Crippen LogP contribution in [0.5, 0.6) is 11.5 Å². The SMILES string of the molecule is Cc1cc(Cl)ccc1Oc1coc(/C=C/c2ccc[nH]2)cc1=O. The highest BCUT2D eigenvalue weighted by Crippen LogP contribution is 2.25. The van der Waals surface area contributed by atoms with Crippen molar-refractivity contribution in [2.24, 2.45) is 0 Å². The van der Waals surface area contributed by atoms with Crippen LogP contribution in [0.4, 0.5) is 0 Å². The molecule has 2 aromatic heterocycles. The Bertz CT molecular complexity index is 895. The zero-order valence-electron chi connectivity index (χ0n) is 12.4. The summed E-state index contributed by atoms with van der Waals surface area (Å²) < 4.78 is 11.0. The van der Waals surface area contributed by atoms with Gasteiger partial charge in [0.2, 0.25) is 11.2 Å². The standard InChI is InChI=1S/C18H14ClNO3/c1-12-9-13(19)4-7-17(12)23-18-11-22-15(10-16(18)21)6-5-14-3-2-8-20-14/h2-11,20H,1H3/b6-5+. The summed E-state index contributed by atoms with van der Waals surface area (Å²) in [6.07, 6.45) is 6.67. The number of benzene rings is 1. The number of nitrogens with one attached hydrogen (secondary N) is 1. The molecule has 5 heteroatoms. The van der Waals surface area contributed by atoms with Gasteiger partial charge in [0, 0.05) is 23.0 Å². The lowest BCUT2D eigenvalue weighted by atomic mass is 10.2. The Morgan fingerprint density at radius 1 is 1.17 bits per heavy atom. The molecule has 0 atom stereocenters. The van der Waals surface area contributed by atoms with Crippen LogP contribution in [0.1, 0.15) is 17.0 Å². The zero-order chi connectivity index (χ0) is 16.2. The van der Waals surface area contributed by atoms with Gasteiger partial charge in [-0.2, -0.15) is 0 Å². The average Bonchev–Trinajstić information content (AvgIpc) is 3.03. The number of aromatic amines is 1. The van der Waals surface area contributed by atoms with E-state index in [2.05, 4.69) is 4.98 Å². The molecule has 116 valence electrons. The second kappa shape index (κ2) is 6.58. The first-order valence-electron chi connectivity index (χ1n) is 7.00. The third-order valence-corrected chi connectivity index (χ3v) is 3.46. The molecule has 4 nitrogen and oxygen atoms in total. The molecule has 0 bridgehead atoms. The molecule has 23 heavy (non-hydrogen) atoms. The number of hydrogen-bond acceptors (Lipinski definition) is 3. The molecule has 0 radical (unpaired) electrons. The maximum Gasteiger partial charge on any atom is 0.227 e. The second-order valence-corrected chi connectivity index (χ2v) is 5.42. The van der Waals surface area contributed by atoms with Crippen LogP contribution in [0.25, 0.3) is 12.2 Å². The predicted molar refractivity (Wildman–Crippen MR) is 91.0 cm³/mol. The minimum atomic E-state index is -0.253. The van der Waals surface area contributed by atoms with E-state index in [1.807, 2.05) is 31.3 Å². The fourth-order valence-electron chi connectivity index (χ4n) is 2.04. The molecular weight excluding hydrogens is 314 g/mol. The molecule has 0 unspecified atom stereocenters. The fraction of sp³-hybridized carbons (Fsp3) is 0.0556. The summed E-state index contributed by atoms with van der Waals surface area (Å²) in [7, 11) is 0. The minimum absolute atomic E-state index is 0.132. The van der Waals surface area contributed by atoms with Crippen LogP contribution in [0.15, 0.2) is 58.1 Å². The van der Waals surface area contributed by atoms with E-state index >= 15 is 0 Å². The molecular formula is C18H14ClNO3. The highest BCUT2D eigenvalue weighted by atomic mass is 35.5. The van der Waals surface area contributed by atoms with Crippen molar-refractivity contribution in [2.45, 2.75) is 6.92 Å². The van der Waals surface area contributed by atoms with Crippen LogP contribution in [0.3, 0.4) is 0 Å². The van der Waals surface area contributed by atoms with E-state index in [0.717, 1.165) is 11.3 Å². The van der Waals surface area contributed by atoms with E-state index in [9.17, 15) is 4.79 Å². The topological polar surface area (TPSA) is 55.2 Å². The molecule has 1 aromatic carbocycles. The second-order valence-electron chi connectivity index (χ2n) is 4.98. The molecule has 0 aliphatic heterocycles. The number of H-pyrrole nitrogens is 1. The van der Waals surface area contributed by atoms with Gasteiger partial charge in [0.05, 0.1) is 0 Å². The molecule has 0 spiro atoms. The third-order valence-electron chi connectivity index (χ3n) is 3.22. The van der Waals surface area contributed by atoms with Crippen molar-refractivity contribution in [2.75, 3.05) is 0 Å². The number of hydrogen-bond donors (Lipinski definition) is 1. The first-order chi connectivity index (χ1) is 11.1. The van der Waals surface area contributed by atoms with Crippen LogP contribution >= 0.6 is 11.6 Å². The van der Waals surface area contributed by atoms with Crippen molar-refractivity contribution in [1.29, 1.82) is 0 Å². The van der Waals surface area contributed by atoms with Crippen LogP contribution in [-0.2, 0) is 0 Å². The highest BCUT2D eigenvalue weighted by Gasteiger charge is 2.07. The van der Waals surface area contributed by atoms with Gasteiger partial charge in [-0.3, -0.25) is 4.79 Å². The normalized spacial score (nSPS) is 11.0. The van der Waals surface area contributed by atoms with Gasteiger partial charge < -0.3 is 14.1 Å². The Balaban J connectivity index is 1.81. The molecule has 3 aromatic rings. The summed E-state index contributed by atoms with van der Waals surface area (Å²) in [5.74, 6) is 1.15. The van der Waals surface area contributed by atoms with Gasteiger partial charge in [0.25, 0.3) is 0 Å². The summed E-state index contributed by atoms with van der Waals surface area (Å²) >= 11 is 5.90. The Morgan fingerprint density at radius 3 is 2.74 bits per heavy atom. The largest absolute Gasteiger partial charge is 0.461 e. The van der Waals surface area contributed by atoms with E-state index in [1.165, 1.54) is 12.3 Å². The summed E-state index contributed by atoms with van der Waals surface area (Å²) in [4.78, 5) is 15.2. The molecule has 0 fully saturated rings. The Hall–Kier alpha value is -2.72. The lowest BCUT2D eigenvalue weighted by Gasteiger charge is -2.07. The molecule has 3 rings (SSSR count). The van der Waals surface area contributed by atoms with Crippen LogP contribution < -0.4 is 10.2 Å². The summed E-state index contributed by atoms with van der Waals surface area (Å²) in [6, 6.07) is 10.4. The van der Waals surface area contributed by atoms with Gasteiger partial charge >= 0.3 is 0 Å². The van der Waals surface area contributed by atoms with Gasteiger partial charge in [-0.25, -0.2) is 0 Å². The maximum atomic E-state index is 12.1. The van der Waals surface area contributed by atoms with Crippen molar-refractivity contribution >= 4 is 23.8 Å². The van der Waals surface area contributed by atoms with Crippen molar-refractivity contribution < 1.29 is 9.15 Å². The number of aryl methyl sites for hydroxylation is 1. The quantitative estimate of drug-likeness (QED) is 0.742. The molecule has 0 aliphatic carbocycles. The van der Waals surface area contributed by atoms with Crippen molar-refractivity contribution in [3.05, 3.63) is 81.1 Å². The van der Waals surface area contributed by atoms with E-state index in [-0.39, 0.29) is 11.2 Å². The minimum Gasteiger partial charge on any atom is -0.461 e. The lowest BCUT2D eigenvalue weighted by molar-refractivity contribution is 0.433. The maximum absolute atomic E-state index is 12.1. The van der Waals surface area contributed by atoms with E-state index < -0.39 is 0 Å². The third kappa shape index (κ3) is 3.73. The van der Waals surface area contributed by atoms with Crippen molar-refractivity contribution in [3.63, 3.8) is 0 Å². The smallest absolute Gasteiger partial charge is 0.227 e. The number of rotatable bonds is 4. The first-order valence-corrected chi connectivity index (χ1v) is 7.38. The lowest BCUT2D eigenvalue weighted by Crippen LogP contribution is -2.04. The van der Waals surface area contributed by atoms with E-state index in [0.29, 0.717) is 16.5 Å². The van der Waals surface area contributed by atoms with Crippen molar-refractivity contribution in [3.8, 4) is 11.5 Å². The summed E-state index contributed by atoms with van der Waals surface area (Å²) in [5.41, 5.74) is 1.51. The van der Waals surface area contributed by atoms with E-state index in [1.54, 1.807) is 24.3 Å². The first kappa shape index (κ1) is 15.2. The Labute approximate surface area is 138 Å². The summed E-state index contributed by atoms with van der Waals surface area (Å²) in [6.45, 7) is 1.86. The molecule has 0 amide bonds. The zero-order valence-corrected chi connectivity index (χ0v) is 13.1. The van der Waals surface area contributed by atoms with Gasteiger partial charge in [0.1, 0.15) is 17.8 Å². The van der Waals surface area contributed by atoms with Gasteiger partial charge in [-0.1, -0.05) is 11.6 Å². The Kier molecular flexibility index (Phi) is 4.35. The molecule has 0 saturated carbocycles. The number of halogens is 1. The predicted octanol–water partition coefficient (Wildman–Crippen LogP) is 4.89. The number of aromatic nitrogens is 1. The van der Waals surface area contributed by atoms with Gasteiger partial charge in [0.15, 0.2) is 0 Å². The van der Waals surface area contributed by atoms with Crippen LogP contribution in [0, 0.1) is 6.92 Å². The monoisotopic (exact) mass is 327 g/mol. The summed E-state index contributed by atoms with van der Waals surface area (Å²) in [5, 5.41) is 0.617. The molecule has 2 heterocycles. The average molecular weight is 328 g/mol. The van der Waals surface area contributed by atoms with Crippen LogP contribution in [-0.4, -0.2) is 4.98 Å². The Morgan fingerprint density at radius 2 is 2.04 bits per heavy atom. The number of ether oxygens (including phenoxy) is 1. The molecule has 0 aliphatic rings. The van der Waals surface area contributed by atoms with Crippen molar-refractivity contribution in [1.82, 2.24) is 4.98 Å². The highest BCUT2D eigenvalue weighted by molar-refractivity contribution is 6.30. The van der Waals surface area contributed by atoms with Crippen LogP contribution in [0.2, 0.25) is 5.02 Å².